The van der Waals surface area contributed by atoms with Crippen molar-refractivity contribution in [3.8, 4) is 0 Å². The second kappa shape index (κ2) is 4.72. The Hall–Kier alpha value is -0.0500. The molecule has 3 heteroatoms. The van der Waals surface area contributed by atoms with Crippen LogP contribution in [-0.2, 0) is 9.53 Å². The van der Waals surface area contributed by atoms with E-state index >= 15 is 0 Å². The summed E-state index contributed by atoms with van der Waals surface area (Å²) in [6, 6.07) is 0. The van der Waals surface area contributed by atoms with Crippen LogP contribution in [0.4, 0.5) is 0 Å². The summed E-state index contributed by atoms with van der Waals surface area (Å²) >= 11 is 3.22. The number of hydrogen-bond donors (Lipinski definition) is 0. The Bertz CT molecular complexity index is 112. The molecule has 0 aliphatic rings. The van der Waals surface area contributed by atoms with Crippen LogP contribution < -0.4 is 0 Å². The van der Waals surface area contributed by atoms with Crippen LogP contribution >= 0.6 is 15.9 Å². The molecule has 0 saturated carbocycles. The molecule has 0 aromatic rings. The first-order valence-corrected chi connectivity index (χ1v) is 4.46. The Kier molecular flexibility index (Phi) is 4.69. The fraction of sp³-hybridized carbons (Fsp3) is 0.857. The third-order valence-corrected chi connectivity index (χ3v) is 1.92. The third-order valence-electron chi connectivity index (χ3n) is 1.01. The van der Waals surface area contributed by atoms with Gasteiger partial charge in [0, 0.05) is 5.33 Å². The van der Waals surface area contributed by atoms with Crippen molar-refractivity contribution in [2.75, 3.05) is 5.33 Å². The van der Waals surface area contributed by atoms with Crippen LogP contribution in [0.5, 0.6) is 0 Å². The predicted molar refractivity (Wildman–Crippen MR) is 44.2 cm³/mol. The maximum atomic E-state index is 10.9. The molecule has 0 aromatic heterocycles. The Morgan fingerprint density at radius 1 is 1.50 bits per heavy atom. The molecule has 60 valence electrons. The van der Waals surface area contributed by atoms with Crippen molar-refractivity contribution < 1.29 is 9.53 Å². The molecule has 10 heavy (non-hydrogen) atoms. The van der Waals surface area contributed by atoms with Crippen molar-refractivity contribution in [1.29, 1.82) is 0 Å². The third kappa shape index (κ3) is 3.88. The molecule has 0 N–H and O–H groups in total. The molecule has 0 spiro atoms. The van der Waals surface area contributed by atoms with Crippen LogP contribution in [0.3, 0.4) is 0 Å². The van der Waals surface area contributed by atoms with Crippen molar-refractivity contribution >= 4 is 21.9 Å². The second-order valence-electron chi connectivity index (χ2n) is 2.56. The number of carbonyl (C=O) groups excluding carboxylic acids is 1. The molecule has 0 fully saturated rings. The molecule has 1 unspecified atom stereocenters. The summed E-state index contributed by atoms with van der Waals surface area (Å²) in [6.07, 6.45) is -0.0186. The maximum absolute atomic E-state index is 10.9. The van der Waals surface area contributed by atoms with Crippen LogP contribution in [0, 0.1) is 5.92 Å². The molecule has 0 rings (SSSR count). The topological polar surface area (TPSA) is 26.3 Å². The van der Waals surface area contributed by atoms with Crippen LogP contribution in [0.2, 0.25) is 0 Å². The lowest BCUT2D eigenvalue weighted by atomic mass is 10.2. The van der Waals surface area contributed by atoms with Crippen molar-refractivity contribution in [2.24, 2.45) is 5.92 Å². The molecule has 0 bridgehead atoms. The SMILES string of the molecule is CC(CBr)OC(=O)C(C)C. The van der Waals surface area contributed by atoms with Gasteiger partial charge >= 0.3 is 5.97 Å². The van der Waals surface area contributed by atoms with E-state index in [1.54, 1.807) is 0 Å². The molecule has 2 nitrogen and oxygen atoms in total. The Morgan fingerprint density at radius 2 is 2.00 bits per heavy atom. The molecule has 0 aliphatic heterocycles. The van der Waals surface area contributed by atoms with E-state index in [4.69, 9.17) is 4.74 Å². The zero-order valence-electron chi connectivity index (χ0n) is 6.56. The van der Waals surface area contributed by atoms with Gasteiger partial charge in [0.05, 0.1) is 5.92 Å². The van der Waals surface area contributed by atoms with Crippen LogP contribution in [0.1, 0.15) is 20.8 Å². The zero-order chi connectivity index (χ0) is 8.15. The normalized spacial score (nSPS) is 13.3. The van der Waals surface area contributed by atoms with Crippen molar-refractivity contribution in [1.82, 2.24) is 0 Å². The molecule has 1 atom stereocenters. The van der Waals surface area contributed by atoms with Gasteiger partial charge in [0.25, 0.3) is 0 Å². The van der Waals surface area contributed by atoms with E-state index in [9.17, 15) is 4.79 Å². The minimum atomic E-state index is -0.132. The summed E-state index contributed by atoms with van der Waals surface area (Å²) in [4.78, 5) is 10.9. The smallest absolute Gasteiger partial charge is 0.308 e. The molecule has 0 radical (unpaired) electrons. The summed E-state index contributed by atoms with van der Waals surface area (Å²) in [6.45, 7) is 5.50. The number of ether oxygens (including phenoxy) is 1. The van der Waals surface area contributed by atoms with Gasteiger partial charge in [-0.15, -0.1) is 0 Å². The van der Waals surface area contributed by atoms with E-state index in [1.807, 2.05) is 20.8 Å². The van der Waals surface area contributed by atoms with E-state index < -0.39 is 0 Å². The van der Waals surface area contributed by atoms with Gasteiger partial charge in [0.15, 0.2) is 0 Å². The monoisotopic (exact) mass is 208 g/mol. The van der Waals surface area contributed by atoms with Gasteiger partial charge in [0.2, 0.25) is 0 Å². The van der Waals surface area contributed by atoms with Crippen LogP contribution in [-0.4, -0.2) is 17.4 Å². The highest BCUT2D eigenvalue weighted by atomic mass is 79.9. The Labute approximate surface area is 70.1 Å². The molecular formula is C7H13BrO2. The first kappa shape index (κ1) is 9.95. The number of alkyl halides is 1. The molecular weight excluding hydrogens is 196 g/mol. The summed E-state index contributed by atoms with van der Waals surface area (Å²) in [7, 11) is 0. The van der Waals surface area contributed by atoms with Gasteiger partial charge in [-0.1, -0.05) is 29.8 Å². The number of rotatable bonds is 3. The predicted octanol–water partition coefficient (Wildman–Crippen LogP) is 1.97. The minimum absolute atomic E-state index is 0.0186. The highest BCUT2D eigenvalue weighted by molar-refractivity contribution is 9.09. The van der Waals surface area contributed by atoms with E-state index in [0.717, 1.165) is 0 Å². The lowest BCUT2D eigenvalue weighted by Crippen LogP contribution is -2.19. The first-order chi connectivity index (χ1) is 4.57. The fourth-order valence-electron chi connectivity index (χ4n) is 0.366. The molecule has 0 heterocycles. The Morgan fingerprint density at radius 3 is 2.30 bits per heavy atom. The zero-order valence-corrected chi connectivity index (χ0v) is 8.14. The first-order valence-electron chi connectivity index (χ1n) is 3.34. The van der Waals surface area contributed by atoms with Crippen molar-refractivity contribution in [3.63, 3.8) is 0 Å². The number of halogens is 1. The van der Waals surface area contributed by atoms with Gasteiger partial charge in [-0.25, -0.2) is 0 Å². The summed E-state index contributed by atoms with van der Waals surface area (Å²) in [5, 5.41) is 0.700. The number of hydrogen-bond acceptors (Lipinski definition) is 2. The van der Waals surface area contributed by atoms with Gasteiger partial charge in [0.1, 0.15) is 6.10 Å². The van der Waals surface area contributed by atoms with Gasteiger partial charge < -0.3 is 4.74 Å². The van der Waals surface area contributed by atoms with E-state index in [1.165, 1.54) is 0 Å². The average molecular weight is 209 g/mol. The largest absolute Gasteiger partial charge is 0.462 e. The quantitative estimate of drug-likeness (QED) is 0.524. The molecule has 0 aromatic carbocycles. The summed E-state index contributed by atoms with van der Waals surface area (Å²) in [5.41, 5.74) is 0. The van der Waals surface area contributed by atoms with E-state index in [2.05, 4.69) is 15.9 Å². The summed E-state index contributed by atoms with van der Waals surface area (Å²) in [5.74, 6) is -0.159. The lowest BCUT2D eigenvalue weighted by Gasteiger charge is -2.11. The van der Waals surface area contributed by atoms with E-state index in [-0.39, 0.29) is 18.0 Å². The standard InChI is InChI=1S/C7H13BrO2/c1-5(2)7(9)10-6(3)4-8/h5-6H,4H2,1-3H3. The molecule has 0 amide bonds. The van der Waals surface area contributed by atoms with Gasteiger partial charge in [-0.2, -0.15) is 0 Å². The van der Waals surface area contributed by atoms with Crippen LogP contribution in [0.25, 0.3) is 0 Å². The fourth-order valence-corrected chi connectivity index (χ4v) is 0.498. The number of esters is 1. The Balaban J connectivity index is 3.57. The van der Waals surface area contributed by atoms with E-state index in [0.29, 0.717) is 5.33 Å². The lowest BCUT2D eigenvalue weighted by molar-refractivity contribution is -0.150. The minimum Gasteiger partial charge on any atom is -0.462 e. The van der Waals surface area contributed by atoms with Gasteiger partial charge in [-0.3, -0.25) is 4.79 Å². The van der Waals surface area contributed by atoms with Crippen LogP contribution in [0.15, 0.2) is 0 Å². The van der Waals surface area contributed by atoms with Crippen molar-refractivity contribution in [3.05, 3.63) is 0 Å². The number of carbonyl (C=O) groups is 1. The average Bonchev–Trinajstić information content (AvgIpc) is 1.87. The van der Waals surface area contributed by atoms with Gasteiger partial charge in [-0.05, 0) is 6.92 Å². The molecule has 0 aliphatic carbocycles. The highest BCUT2D eigenvalue weighted by Gasteiger charge is 2.11. The molecule has 0 saturated heterocycles. The maximum Gasteiger partial charge on any atom is 0.308 e. The second-order valence-corrected chi connectivity index (χ2v) is 3.20. The summed E-state index contributed by atoms with van der Waals surface area (Å²) < 4.78 is 4.98. The highest BCUT2D eigenvalue weighted by Crippen LogP contribution is 2.01. The van der Waals surface area contributed by atoms with Crippen molar-refractivity contribution in [2.45, 2.75) is 26.9 Å².